The van der Waals surface area contributed by atoms with Gasteiger partial charge in [-0.05, 0) is 31.0 Å². The number of carbonyl (C=O) groups excluding carboxylic acids is 1. The van der Waals surface area contributed by atoms with Gasteiger partial charge in [-0.2, -0.15) is 0 Å². The number of amides is 1. The number of likely N-dealkylation sites (N-methyl/N-ethyl adjacent to an activating group) is 1. The van der Waals surface area contributed by atoms with Gasteiger partial charge < -0.3 is 15.1 Å². The maximum absolute atomic E-state index is 12.0. The molecule has 1 N–H and O–H groups in total. The van der Waals surface area contributed by atoms with Crippen molar-refractivity contribution in [1.82, 2.24) is 10.2 Å². The number of carbonyl (C=O) groups is 1. The molecule has 0 spiro atoms. The van der Waals surface area contributed by atoms with E-state index in [1.165, 1.54) is 5.56 Å². The van der Waals surface area contributed by atoms with Gasteiger partial charge in [0, 0.05) is 32.9 Å². The summed E-state index contributed by atoms with van der Waals surface area (Å²) in [5.41, 5.74) is 2.42. The van der Waals surface area contributed by atoms with E-state index in [4.69, 9.17) is 0 Å². The monoisotopic (exact) mass is 291 g/mol. The Bertz CT molecular complexity index is 432. The number of hydrogen-bond donors (Lipinski definition) is 1. The van der Waals surface area contributed by atoms with Crippen molar-refractivity contribution in [3.05, 3.63) is 29.8 Å². The van der Waals surface area contributed by atoms with Crippen molar-refractivity contribution in [3.8, 4) is 0 Å². The van der Waals surface area contributed by atoms with Gasteiger partial charge in [0.15, 0.2) is 0 Å². The maximum atomic E-state index is 12.0. The van der Waals surface area contributed by atoms with E-state index in [2.05, 4.69) is 42.3 Å². The van der Waals surface area contributed by atoms with E-state index in [1.54, 1.807) is 19.0 Å². The number of rotatable bonds is 9. The third-order valence-electron chi connectivity index (χ3n) is 3.39. The summed E-state index contributed by atoms with van der Waals surface area (Å²) in [6.07, 6.45) is 2.15. The lowest BCUT2D eigenvalue weighted by molar-refractivity contribution is -0.127. The van der Waals surface area contributed by atoms with Crippen LogP contribution in [0.25, 0.3) is 0 Å². The summed E-state index contributed by atoms with van der Waals surface area (Å²) in [6, 6.07) is 8.36. The lowest BCUT2D eigenvalue weighted by Gasteiger charge is -2.27. The molecule has 0 aliphatic carbocycles. The van der Waals surface area contributed by atoms with Gasteiger partial charge in [0.05, 0.1) is 6.54 Å². The largest absolute Gasteiger partial charge is 0.362 e. The average Bonchev–Trinajstić information content (AvgIpc) is 2.47. The third kappa shape index (κ3) is 5.76. The summed E-state index contributed by atoms with van der Waals surface area (Å²) in [6.45, 7) is 7.50. The van der Waals surface area contributed by atoms with Crippen LogP contribution in [0.5, 0.6) is 0 Å². The molecule has 118 valence electrons. The van der Waals surface area contributed by atoms with Crippen molar-refractivity contribution in [3.63, 3.8) is 0 Å². The van der Waals surface area contributed by atoms with Crippen LogP contribution in [0.3, 0.4) is 0 Å². The lowest BCUT2D eigenvalue weighted by Crippen LogP contribution is -2.37. The highest BCUT2D eigenvalue weighted by atomic mass is 16.2. The Balaban J connectivity index is 2.88. The van der Waals surface area contributed by atoms with Crippen molar-refractivity contribution in [2.75, 3.05) is 38.6 Å². The highest BCUT2D eigenvalue weighted by Crippen LogP contribution is 2.20. The first-order valence-corrected chi connectivity index (χ1v) is 7.83. The van der Waals surface area contributed by atoms with Crippen molar-refractivity contribution < 1.29 is 4.79 Å². The first kappa shape index (κ1) is 17.5. The van der Waals surface area contributed by atoms with Gasteiger partial charge in [-0.1, -0.05) is 32.0 Å². The zero-order valence-corrected chi connectivity index (χ0v) is 13.9. The number of nitrogens with zero attached hydrogens (tertiary/aromatic N) is 2. The topological polar surface area (TPSA) is 35.6 Å². The lowest BCUT2D eigenvalue weighted by atomic mass is 10.1. The summed E-state index contributed by atoms with van der Waals surface area (Å²) in [5.74, 6) is 0.139. The van der Waals surface area contributed by atoms with Gasteiger partial charge in [-0.3, -0.25) is 4.79 Å². The molecule has 1 aromatic rings. The van der Waals surface area contributed by atoms with E-state index in [9.17, 15) is 4.79 Å². The van der Waals surface area contributed by atoms with E-state index >= 15 is 0 Å². The molecule has 0 fully saturated rings. The SMILES string of the molecule is CCCNCc1ccccc1N(CCC)CC(=O)N(C)C. The molecule has 0 aliphatic heterocycles. The van der Waals surface area contributed by atoms with Gasteiger partial charge in [0.1, 0.15) is 0 Å². The molecule has 0 atom stereocenters. The molecular weight excluding hydrogens is 262 g/mol. The molecule has 4 nitrogen and oxygen atoms in total. The van der Waals surface area contributed by atoms with Crippen LogP contribution in [-0.2, 0) is 11.3 Å². The highest BCUT2D eigenvalue weighted by molar-refractivity contribution is 5.81. The van der Waals surface area contributed by atoms with Gasteiger partial charge >= 0.3 is 0 Å². The number of anilines is 1. The van der Waals surface area contributed by atoms with Crippen molar-refractivity contribution in [1.29, 1.82) is 0 Å². The fourth-order valence-corrected chi connectivity index (χ4v) is 2.23. The molecule has 1 amide bonds. The summed E-state index contributed by atoms with van der Waals surface area (Å²) >= 11 is 0. The van der Waals surface area contributed by atoms with E-state index in [0.717, 1.165) is 38.2 Å². The third-order valence-corrected chi connectivity index (χ3v) is 3.39. The predicted octanol–water partition coefficient (Wildman–Crippen LogP) is 2.49. The van der Waals surface area contributed by atoms with E-state index in [1.807, 2.05) is 6.07 Å². The van der Waals surface area contributed by atoms with Gasteiger partial charge in [-0.25, -0.2) is 0 Å². The molecule has 0 saturated carbocycles. The minimum Gasteiger partial charge on any atom is -0.362 e. The second-order valence-corrected chi connectivity index (χ2v) is 5.52. The molecule has 0 aliphatic rings. The average molecular weight is 291 g/mol. The van der Waals surface area contributed by atoms with Crippen molar-refractivity contribution in [2.24, 2.45) is 0 Å². The molecule has 0 aromatic heterocycles. The summed E-state index contributed by atoms with van der Waals surface area (Å²) in [7, 11) is 3.61. The quantitative estimate of drug-likeness (QED) is 0.710. The molecule has 4 heteroatoms. The Morgan fingerprint density at radius 3 is 2.48 bits per heavy atom. The van der Waals surface area contributed by atoms with Crippen LogP contribution in [0.15, 0.2) is 24.3 Å². The van der Waals surface area contributed by atoms with Gasteiger partial charge in [-0.15, -0.1) is 0 Å². The molecule has 0 unspecified atom stereocenters. The highest BCUT2D eigenvalue weighted by Gasteiger charge is 2.15. The Kier molecular flexibility index (Phi) is 7.83. The second-order valence-electron chi connectivity index (χ2n) is 5.52. The predicted molar refractivity (Wildman–Crippen MR) is 89.6 cm³/mol. The van der Waals surface area contributed by atoms with E-state index in [0.29, 0.717) is 6.54 Å². The molecule has 0 saturated heterocycles. The number of benzene rings is 1. The van der Waals surface area contributed by atoms with Crippen LogP contribution in [0.2, 0.25) is 0 Å². The van der Waals surface area contributed by atoms with Crippen LogP contribution >= 0.6 is 0 Å². The Hall–Kier alpha value is -1.55. The molecule has 0 heterocycles. The number of hydrogen-bond acceptors (Lipinski definition) is 3. The van der Waals surface area contributed by atoms with Crippen LogP contribution in [0, 0.1) is 0 Å². The number of para-hydroxylation sites is 1. The Morgan fingerprint density at radius 2 is 1.86 bits per heavy atom. The first-order chi connectivity index (χ1) is 10.1. The standard InChI is InChI=1S/C17H29N3O/c1-5-11-18-13-15-9-7-8-10-16(15)20(12-6-2)14-17(21)19(3)4/h7-10,18H,5-6,11-14H2,1-4H3. The summed E-state index contributed by atoms with van der Waals surface area (Å²) in [4.78, 5) is 15.9. The fourth-order valence-electron chi connectivity index (χ4n) is 2.23. The minimum absolute atomic E-state index is 0.139. The summed E-state index contributed by atoms with van der Waals surface area (Å²) < 4.78 is 0. The summed E-state index contributed by atoms with van der Waals surface area (Å²) in [5, 5.41) is 3.44. The van der Waals surface area contributed by atoms with Crippen LogP contribution < -0.4 is 10.2 Å². The van der Waals surface area contributed by atoms with Crippen LogP contribution in [0.4, 0.5) is 5.69 Å². The second kappa shape index (κ2) is 9.40. The van der Waals surface area contributed by atoms with E-state index < -0.39 is 0 Å². The molecule has 0 radical (unpaired) electrons. The minimum atomic E-state index is 0.139. The maximum Gasteiger partial charge on any atom is 0.241 e. The molecule has 0 bridgehead atoms. The smallest absolute Gasteiger partial charge is 0.241 e. The van der Waals surface area contributed by atoms with Gasteiger partial charge in [0.2, 0.25) is 5.91 Å². The first-order valence-electron chi connectivity index (χ1n) is 7.83. The Morgan fingerprint density at radius 1 is 1.14 bits per heavy atom. The fraction of sp³-hybridized carbons (Fsp3) is 0.588. The van der Waals surface area contributed by atoms with Gasteiger partial charge in [0.25, 0.3) is 0 Å². The Labute approximate surface area is 129 Å². The zero-order chi connectivity index (χ0) is 15.7. The molecule has 1 rings (SSSR count). The molecule has 1 aromatic carbocycles. The molecule has 21 heavy (non-hydrogen) atoms. The van der Waals surface area contributed by atoms with Crippen molar-refractivity contribution >= 4 is 11.6 Å². The zero-order valence-electron chi connectivity index (χ0n) is 13.9. The molecular formula is C17H29N3O. The van der Waals surface area contributed by atoms with Crippen molar-refractivity contribution in [2.45, 2.75) is 33.2 Å². The van der Waals surface area contributed by atoms with E-state index in [-0.39, 0.29) is 5.91 Å². The number of nitrogens with one attached hydrogen (secondary N) is 1. The van der Waals surface area contributed by atoms with Crippen LogP contribution in [0.1, 0.15) is 32.3 Å². The normalized spacial score (nSPS) is 10.5. The van der Waals surface area contributed by atoms with Crippen LogP contribution in [-0.4, -0.2) is 44.5 Å².